The molecule has 0 aromatic carbocycles. The van der Waals surface area contributed by atoms with Crippen LogP contribution in [0, 0.1) is 11.3 Å². The molecule has 3 fully saturated rings. The van der Waals surface area contributed by atoms with Gasteiger partial charge in [0.1, 0.15) is 5.78 Å². The van der Waals surface area contributed by atoms with Gasteiger partial charge in [-0.3, -0.25) is 4.79 Å². The topological polar surface area (TPSA) is 26.3 Å². The fourth-order valence-electron chi connectivity index (χ4n) is 7.92. The van der Waals surface area contributed by atoms with Crippen LogP contribution in [0.4, 0.5) is 0 Å². The lowest BCUT2D eigenvalue weighted by Crippen LogP contribution is -2.55. The highest BCUT2D eigenvalue weighted by molar-refractivity contribution is 6.85. The van der Waals surface area contributed by atoms with E-state index in [9.17, 15) is 4.79 Å². The first-order valence-electron chi connectivity index (χ1n) is 10.3. The van der Waals surface area contributed by atoms with Crippen LogP contribution in [-0.2, 0) is 9.53 Å². The number of carbonyl (C=O) groups excluding carboxylic acids is 1. The molecular weight excluding hydrogens is 312 g/mol. The van der Waals surface area contributed by atoms with Crippen LogP contribution in [0.3, 0.4) is 0 Å². The summed E-state index contributed by atoms with van der Waals surface area (Å²) in [6, 6.07) is 0. The molecule has 1 saturated heterocycles. The lowest BCUT2D eigenvalue weighted by Gasteiger charge is -2.51. The molecule has 0 aromatic rings. The van der Waals surface area contributed by atoms with Gasteiger partial charge in [0, 0.05) is 13.0 Å². The minimum absolute atomic E-state index is 0.121. The van der Waals surface area contributed by atoms with Crippen molar-refractivity contribution < 1.29 is 9.53 Å². The predicted octanol–water partition coefficient (Wildman–Crippen LogP) is 5.97. The first kappa shape index (κ1) is 18.6. The molecule has 3 aliphatic rings. The van der Waals surface area contributed by atoms with Crippen LogP contribution in [0.2, 0.25) is 22.2 Å². The van der Waals surface area contributed by atoms with Crippen molar-refractivity contribution >= 4 is 13.9 Å². The van der Waals surface area contributed by atoms with E-state index in [2.05, 4.69) is 48.5 Å². The Bertz CT molecular complexity index is 490. The third-order valence-electron chi connectivity index (χ3n) is 8.70. The van der Waals surface area contributed by atoms with Crippen molar-refractivity contribution in [3.63, 3.8) is 0 Å². The average Bonchev–Trinajstić information content (AvgIpc) is 2.97. The highest BCUT2D eigenvalue weighted by atomic mass is 28.3. The summed E-state index contributed by atoms with van der Waals surface area (Å²) in [7, 11) is -1.55. The van der Waals surface area contributed by atoms with Crippen molar-refractivity contribution in [1.29, 1.82) is 0 Å². The summed E-state index contributed by atoms with van der Waals surface area (Å²) in [5, 5.41) is 0. The molecule has 0 amide bonds. The van der Waals surface area contributed by atoms with Gasteiger partial charge in [-0.1, -0.05) is 58.2 Å². The normalized spacial score (nSPS) is 39.8. The summed E-state index contributed by atoms with van der Waals surface area (Å²) in [5.41, 5.74) is 2.72. The van der Waals surface area contributed by atoms with Gasteiger partial charge in [0.2, 0.25) is 0 Å². The number of Topliss-reactive ketones (excluding diaryl/α,β-unsaturated/α-hetero) is 1. The highest BCUT2D eigenvalue weighted by Gasteiger charge is 2.70. The monoisotopic (exact) mass is 350 g/mol. The number of hydrogen-bond acceptors (Lipinski definition) is 2. The van der Waals surface area contributed by atoms with Crippen LogP contribution < -0.4 is 0 Å². The van der Waals surface area contributed by atoms with Crippen LogP contribution in [0.1, 0.15) is 80.6 Å². The second-order valence-electron chi connectivity index (χ2n) is 10.0. The van der Waals surface area contributed by atoms with E-state index in [-0.39, 0.29) is 11.0 Å². The Labute approximate surface area is 150 Å². The Hall–Kier alpha value is -0.153. The molecule has 2 saturated carbocycles. The molecule has 2 aliphatic carbocycles. The summed E-state index contributed by atoms with van der Waals surface area (Å²) in [6.07, 6.45) is 5.21. The van der Waals surface area contributed by atoms with Crippen LogP contribution in [0.25, 0.3) is 0 Å². The van der Waals surface area contributed by atoms with Crippen LogP contribution in [0.5, 0.6) is 0 Å². The van der Waals surface area contributed by atoms with Gasteiger partial charge in [-0.15, -0.1) is 0 Å². The smallest absolute Gasteiger partial charge is 0.141 e. The minimum atomic E-state index is -1.55. The number of rotatable bonds is 4. The molecule has 138 valence electrons. The van der Waals surface area contributed by atoms with Gasteiger partial charge in [0.15, 0.2) is 0 Å². The minimum Gasteiger partial charge on any atom is -0.374 e. The van der Waals surface area contributed by atoms with Gasteiger partial charge in [0.05, 0.1) is 19.1 Å². The maximum atomic E-state index is 12.8. The second-order valence-corrected chi connectivity index (χ2v) is 16.2. The van der Waals surface area contributed by atoms with Crippen molar-refractivity contribution in [2.75, 3.05) is 6.61 Å². The molecular formula is C21H38O2Si. The summed E-state index contributed by atoms with van der Waals surface area (Å²) < 4.78 is 6.72. The standard InChI is InChI=1S/C21H38O2Si/c1-14(2)24(15(3)4,16(5)6)18-13-23-21-11-8-9-19(22)20(21,7)12-10-17(18)21/h14-18H,8-13H2,1-7H3/t17?,18-,20-,21?/m0/s1. The zero-order valence-electron chi connectivity index (χ0n) is 16.9. The third kappa shape index (κ3) is 2.06. The summed E-state index contributed by atoms with van der Waals surface area (Å²) in [6.45, 7) is 18.0. The van der Waals surface area contributed by atoms with E-state index < -0.39 is 8.07 Å². The lowest BCUT2D eigenvalue weighted by molar-refractivity contribution is -0.156. The summed E-state index contributed by atoms with van der Waals surface area (Å²) >= 11 is 0. The van der Waals surface area contributed by atoms with Gasteiger partial charge in [-0.25, -0.2) is 0 Å². The second kappa shape index (κ2) is 5.94. The van der Waals surface area contributed by atoms with Gasteiger partial charge in [-0.2, -0.15) is 0 Å². The fraction of sp³-hybridized carbons (Fsp3) is 0.952. The van der Waals surface area contributed by atoms with E-state index in [0.717, 1.165) is 54.5 Å². The number of ketones is 1. The quantitative estimate of drug-likeness (QED) is 0.583. The van der Waals surface area contributed by atoms with Crippen molar-refractivity contribution in [2.45, 2.75) is 108 Å². The lowest BCUT2D eigenvalue weighted by atomic mass is 9.63. The van der Waals surface area contributed by atoms with Gasteiger partial charge in [0.25, 0.3) is 0 Å². The van der Waals surface area contributed by atoms with Crippen LogP contribution in [0.15, 0.2) is 0 Å². The van der Waals surface area contributed by atoms with Crippen molar-refractivity contribution in [1.82, 2.24) is 0 Å². The third-order valence-corrected chi connectivity index (χ3v) is 16.6. The highest BCUT2D eigenvalue weighted by Crippen LogP contribution is 2.68. The first-order chi connectivity index (χ1) is 11.1. The zero-order chi connectivity index (χ0) is 17.9. The molecule has 3 heteroatoms. The van der Waals surface area contributed by atoms with Gasteiger partial charge in [-0.05, 0) is 44.1 Å². The molecule has 4 atom stereocenters. The van der Waals surface area contributed by atoms with Crippen molar-refractivity contribution in [3.8, 4) is 0 Å². The molecule has 0 radical (unpaired) electrons. The average molecular weight is 351 g/mol. The molecule has 2 unspecified atom stereocenters. The van der Waals surface area contributed by atoms with Crippen LogP contribution >= 0.6 is 0 Å². The SMILES string of the molecule is CC(C)[Si](C(C)C)(C(C)C)[C@H]1COC23CCCC(=O)[C@]2(C)CCC13. The van der Waals surface area contributed by atoms with E-state index in [4.69, 9.17) is 4.74 Å². The predicted molar refractivity (Wildman–Crippen MR) is 103 cm³/mol. The molecule has 0 N–H and O–H groups in total. The first-order valence-corrected chi connectivity index (χ1v) is 12.6. The van der Waals surface area contributed by atoms with Crippen molar-refractivity contribution in [3.05, 3.63) is 0 Å². The molecule has 1 spiro atoms. The largest absolute Gasteiger partial charge is 0.374 e. The molecule has 24 heavy (non-hydrogen) atoms. The van der Waals surface area contributed by atoms with Crippen LogP contribution in [-0.4, -0.2) is 26.1 Å². The Morgan fingerprint density at radius 1 is 1.04 bits per heavy atom. The maximum absolute atomic E-state index is 12.8. The molecule has 1 aliphatic heterocycles. The Kier molecular flexibility index (Phi) is 4.61. The molecule has 3 rings (SSSR count). The Morgan fingerprint density at radius 3 is 2.17 bits per heavy atom. The number of hydrogen-bond donors (Lipinski definition) is 0. The Morgan fingerprint density at radius 2 is 1.62 bits per heavy atom. The molecule has 2 nitrogen and oxygen atoms in total. The van der Waals surface area contributed by atoms with E-state index in [1.54, 1.807) is 0 Å². The fourth-order valence-corrected chi connectivity index (χ4v) is 16.0. The van der Waals surface area contributed by atoms with E-state index in [1.165, 1.54) is 6.42 Å². The summed E-state index contributed by atoms with van der Waals surface area (Å²) in [5.74, 6) is 1.12. The van der Waals surface area contributed by atoms with E-state index in [1.807, 2.05) is 0 Å². The zero-order valence-corrected chi connectivity index (χ0v) is 17.9. The summed E-state index contributed by atoms with van der Waals surface area (Å²) in [4.78, 5) is 12.8. The molecule has 1 heterocycles. The number of ether oxygens (including phenoxy) is 1. The molecule has 0 aromatic heterocycles. The van der Waals surface area contributed by atoms with Crippen molar-refractivity contribution in [2.24, 2.45) is 11.3 Å². The number of carbonyl (C=O) groups is 1. The van der Waals surface area contributed by atoms with Gasteiger partial charge >= 0.3 is 0 Å². The Balaban J connectivity index is 2.05. The maximum Gasteiger partial charge on any atom is 0.141 e. The molecule has 0 bridgehead atoms. The van der Waals surface area contributed by atoms with Gasteiger partial charge < -0.3 is 4.74 Å². The van der Waals surface area contributed by atoms with E-state index in [0.29, 0.717) is 11.7 Å². The van der Waals surface area contributed by atoms with E-state index >= 15 is 0 Å².